The SMILES string of the molecule is Cc1ccn(-c2ccc3c(c2)OCO3)c(=O)c1C(=O)N[C@@H](CO)Cc1ccccc1. The number of carbonyl (C=O) groups is 1. The summed E-state index contributed by atoms with van der Waals surface area (Å²) in [7, 11) is 0. The monoisotopic (exact) mass is 406 g/mol. The normalized spacial score (nSPS) is 13.1. The standard InChI is InChI=1S/C23H22N2O5/c1-15-9-10-25(18-7-8-19-20(12-18)30-14-29-19)23(28)21(15)22(27)24-17(13-26)11-16-5-3-2-4-6-16/h2-10,12,17,26H,11,13-14H2,1H3,(H,24,27)/t17-/m1/s1. The van der Waals surface area contributed by atoms with Crippen LogP contribution in [-0.4, -0.2) is 35.0 Å². The van der Waals surface area contributed by atoms with Gasteiger partial charge < -0.3 is 19.9 Å². The van der Waals surface area contributed by atoms with Gasteiger partial charge in [-0.25, -0.2) is 0 Å². The van der Waals surface area contributed by atoms with Crippen LogP contribution in [-0.2, 0) is 6.42 Å². The molecule has 30 heavy (non-hydrogen) atoms. The van der Waals surface area contributed by atoms with Crippen molar-refractivity contribution in [1.82, 2.24) is 9.88 Å². The molecule has 3 aromatic rings. The summed E-state index contributed by atoms with van der Waals surface area (Å²) >= 11 is 0. The predicted octanol–water partition coefficient (Wildman–Crippen LogP) is 2.21. The summed E-state index contributed by atoms with van der Waals surface area (Å²) in [6.45, 7) is 1.62. The van der Waals surface area contributed by atoms with Crippen molar-refractivity contribution < 1.29 is 19.4 Å². The fourth-order valence-electron chi connectivity index (χ4n) is 3.46. The maximum atomic E-state index is 13.1. The molecular formula is C23H22N2O5. The first-order valence-electron chi connectivity index (χ1n) is 9.64. The van der Waals surface area contributed by atoms with Crippen LogP contribution >= 0.6 is 0 Å². The fourth-order valence-corrected chi connectivity index (χ4v) is 3.46. The van der Waals surface area contributed by atoms with Crippen molar-refractivity contribution in [2.75, 3.05) is 13.4 Å². The molecule has 0 bridgehead atoms. The van der Waals surface area contributed by atoms with Gasteiger partial charge >= 0.3 is 0 Å². The lowest BCUT2D eigenvalue weighted by Crippen LogP contribution is -2.42. The molecule has 0 aliphatic carbocycles. The van der Waals surface area contributed by atoms with Gasteiger partial charge in [0.25, 0.3) is 11.5 Å². The summed E-state index contributed by atoms with van der Waals surface area (Å²) in [4.78, 5) is 26.1. The van der Waals surface area contributed by atoms with E-state index in [-0.39, 0.29) is 19.0 Å². The van der Waals surface area contributed by atoms with Crippen molar-refractivity contribution in [3.63, 3.8) is 0 Å². The van der Waals surface area contributed by atoms with Crippen LogP contribution in [0.2, 0.25) is 0 Å². The van der Waals surface area contributed by atoms with Gasteiger partial charge in [-0.05, 0) is 42.7 Å². The topological polar surface area (TPSA) is 89.8 Å². The lowest BCUT2D eigenvalue weighted by molar-refractivity contribution is 0.0914. The molecule has 7 heteroatoms. The number of aromatic nitrogens is 1. The van der Waals surface area contributed by atoms with E-state index in [1.165, 1.54) is 4.57 Å². The number of nitrogens with zero attached hydrogens (tertiary/aromatic N) is 1. The van der Waals surface area contributed by atoms with Crippen LogP contribution in [0.1, 0.15) is 21.5 Å². The number of amides is 1. The molecule has 0 fully saturated rings. The lowest BCUT2D eigenvalue weighted by Gasteiger charge is -2.18. The van der Waals surface area contributed by atoms with E-state index in [9.17, 15) is 14.7 Å². The van der Waals surface area contributed by atoms with Crippen LogP contribution in [0.3, 0.4) is 0 Å². The Bertz CT molecular complexity index is 1120. The smallest absolute Gasteiger partial charge is 0.268 e. The van der Waals surface area contributed by atoms with Gasteiger partial charge in [0.1, 0.15) is 5.56 Å². The van der Waals surface area contributed by atoms with Crippen molar-refractivity contribution in [2.45, 2.75) is 19.4 Å². The fraction of sp³-hybridized carbons (Fsp3) is 0.217. The van der Waals surface area contributed by atoms with Gasteiger partial charge in [-0.15, -0.1) is 0 Å². The molecule has 2 aromatic carbocycles. The van der Waals surface area contributed by atoms with Crippen molar-refractivity contribution in [2.24, 2.45) is 0 Å². The average molecular weight is 406 g/mol. The van der Waals surface area contributed by atoms with Gasteiger partial charge in [-0.2, -0.15) is 0 Å². The highest BCUT2D eigenvalue weighted by Crippen LogP contribution is 2.33. The number of carbonyl (C=O) groups excluding carboxylic acids is 1. The summed E-state index contributed by atoms with van der Waals surface area (Å²) in [5.41, 5.74) is 1.72. The molecule has 2 N–H and O–H groups in total. The quantitative estimate of drug-likeness (QED) is 0.655. The molecular weight excluding hydrogens is 384 g/mol. The van der Waals surface area contributed by atoms with E-state index in [2.05, 4.69) is 5.32 Å². The first-order chi connectivity index (χ1) is 14.6. The largest absolute Gasteiger partial charge is 0.454 e. The van der Waals surface area contributed by atoms with E-state index < -0.39 is 17.5 Å². The number of aliphatic hydroxyl groups excluding tert-OH is 1. The van der Waals surface area contributed by atoms with Crippen LogP contribution in [0.4, 0.5) is 0 Å². The van der Waals surface area contributed by atoms with Crippen LogP contribution < -0.4 is 20.3 Å². The first kappa shape index (κ1) is 19.7. The molecule has 0 saturated carbocycles. The maximum absolute atomic E-state index is 13.1. The second-order valence-electron chi connectivity index (χ2n) is 7.13. The number of hydrogen-bond donors (Lipinski definition) is 2. The Kier molecular flexibility index (Phi) is 5.54. The number of benzene rings is 2. The molecule has 2 heterocycles. The molecule has 0 unspecified atom stereocenters. The summed E-state index contributed by atoms with van der Waals surface area (Å²) in [6, 6.07) is 15.9. The van der Waals surface area contributed by atoms with E-state index in [4.69, 9.17) is 9.47 Å². The Labute approximate surface area is 173 Å². The van der Waals surface area contributed by atoms with E-state index in [0.717, 1.165) is 5.56 Å². The maximum Gasteiger partial charge on any atom is 0.268 e. The van der Waals surface area contributed by atoms with Gasteiger partial charge in [-0.1, -0.05) is 30.3 Å². The Balaban J connectivity index is 1.61. The van der Waals surface area contributed by atoms with Crippen molar-refractivity contribution in [3.8, 4) is 17.2 Å². The molecule has 1 aliphatic rings. The van der Waals surface area contributed by atoms with Crippen LogP contribution in [0.5, 0.6) is 11.5 Å². The summed E-state index contributed by atoms with van der Waals surface area (Å²) < 4.78 is 12.1. The summed E-state index contributed by atoms with van der Waals surface area (Å²) in [5, 5.41) is 12.5. The van der Waals surface area contributed by atoms with Gasteiger partial charge in [0.2, 0.25) is 6.79 Å². The molecule has 7 nitrogen and oxygen atoms in total. The molecule has 0 radical (unpaired) electrons. The predicted molar refractivity (Wildman–Crippen MR) is 111 cm³/mol. The molecule has 1 amide bonds. The third-order valence-corrected chi connectivity index (χ3v) is 5.04. The molecule has 0 spiro atoms. The number of aliphatic hydroxyl groups is 1. The Morgan fingerprint density at radius 3 is 2.67 bits per heavy atom. The number of ether oxygens (including phenoxy) is 2. The average Bonchev–Trinajstić information content (AvgIpc) is 3.22. The lowest BCUT2D eigenvalue weighted by atomic mass is 10.1. The highest BCUT2D eigenvalue weighted by Gasteiger charge is 2.21. The Morgan fingerprint density at radius 1 is 1.13 bits per heavy atom. The van der Waals surface area contributed by atoms with Gasteiger partial charge in [0.15, 0.2) is 11.5 Å². The number of rotatable bonds is 6. The van der Waals surface area contributed by atoms with Gasteiger partial charge in [-0.3, -0.25) is 14.2 Å². The Hall–Kier alpha value is -3.58. The summed E-state index contributed by atoms with van der Waals surface area (Å²) in [6.07, 6.45) is 2.09. The molecule has 4 rings (SSSR count). The third-order valence-electron chi connectivity index (χ3n) is 5.04. The zero-order valence-electron chi connectivity index (χ0n) is 16.5. The van der Waals surface area contributed by atoms with Crippen LogP contribution in [0.25, 0.3) is 5.69 Å². The number of aryl methyl sites for hydroxylation is 1. The number of fused-ring (bicyclic) bond motifs is 1. The zero-order valence-corrected chi connectivity index (χ0v) is 16.5. The van der Waals surface area contributed by atoms with E-state index in [0.29, 0.717) is 29.2 Å². The second kappa shape index (κ2) is 8.42. The van der Waals surface area contributed by atoms with Crippen LogP contribution in [0.15, 0.2) is 65.6 Å². The minimum Gasteiger partial charge on any atom is -0.454 e. The molecule has 1 aliphatic heterocycles. The van der Waals surface area contributed by atoms with Crippen molar-refractivity contribution in [1.29, 1.82) is 0 Å². The van der Waals surface area contributed by atoms with Crippen molar-refractivity contribution >= 4 is 5.91 Å². The van der Waals surface area contributed by atoms with Crippen molar-refractivity contribution in [3.05, 3.63) is 87.8 Å². The van der Waals surface area contributed by atoms with E-state index in [1.807, 2.05) is 30.3 Å². The molecule has 1 aromatic heterocycles. The molecule has 0 saturated heterocycles. The van der Waals surface area contributed by atoms with Gasteiger partial charge in [0.05, 0.1) is 18.3 Å². The number of pyridine rings is 1. The van der Waals surface area contributed by atoms with E-state index >= 15 is 0 Å². The van der Waals surface area contributed by atoms with Crippen LogP contribution in [0, 0.1) is 6.92 Å². The van der Waals surface area contributed by atoms with Gasteiger partial charge in [0, 0.05) is 12.3 Å². The third kappa shape index (κ3) is 3.92. The molecule has 154 valence electrons. The first-order valence-corrected chi connectivity index (χ1v) is 9.64. The number of hydrogen-bond acceptors (Lipinski definition) is 5. The highest BCUT2D eigenvalue weighted by atomic mass is 16.7. The minimum absolute atomic E-state index is 0.0432. The molecule has 1 atom stereocenters. The second-order valence-corrected chi connectivity index (χ2v) is 7.13. The van der Waals surface area contributed by atoms with E-state index in [1.54, 1.807) is 37.4 Å². The Morgan fingerprint density at radius 2 is 1.90 bits per heavy atom. The summed E-state index contributed by atoms with van der Waals surface area (Å²) in [5.74, 6) is 0.653. The number of nitrogens with one attached hydrogen (secondary N) is 1. The zero-order chi connectivity index (χ0) is 21.1. The minimum atomic E-state index is -0.512. The highest BCUT2D eigenvalue weighted by molar-refractivity contribution is 5.95.